The van der Waals surface area contributed by atoms with E-state index in [9.17, 15) is 5.26 Å². The van der Waals surface area contributed by atoms with Gasteiger partial charge in [-0.1, -0.05) is 99.9 Å². The summed E-state index contributed by atoms with van der Waals surface area (Å²) in [6, 6.07) is 10.7. The van der Waals surface area contributed by atoms with Crippen molar-refractivity contribution in [1.82, 2.24) is 9.97 Å². The van der Waals surface area contributed by atoms with Crippen LogP contribution < -0.4 is 0 Å². The standard InChI is InChI=1S/C13H5Cl6N3/c14-12(15,16)10-8(6-20)9(7-4-2-1-3-5-7)21-11(22-10)13(17,18)19/h1-5H. The molecule has 9 heteroatoms. The lowest BCUT2D eigenvalue weighted by atomic mass is 10.1. The van der Waals surface area contributed by atoms with Crippen LogP contribution in [0.1, 0.15) is 17.1 Å². The minimum absolute atomic E-state index is 0.00389. The molecule has 0 aliphatic rings. The average Bonchev–Trinajstić information content (AvgIpc) is 2.44. The summed E-state index contributed by atoms with van der Waals surface area (Å²) >= 11 is 35.1. The molecule has 114 valence electrons. The molecule has 1 heterocycles. The molecule has 1 aromatic carbocycles. The molecule has 0 aliphatic heterocycles. The quantitative estimate of drug-likeness (QED) is 0.564. The number of benzene rings is 1. The van der Waals surface area contributed by atoms with E-state index in [0.29, 0.717) is 5.56 Å². The van der Waals surface area contributed by atoms with Crippen molar-refractivity contribution < 1.29 is 0 Å². The monoisotopic (exact) mass is 413 g/mol. The first-order valence-electron chi connectivity index (χ1n) is 5.66. The van der Waals surface area contributed by atoms with Crippen molar-refractivity contribution in [2.75, 3.05) is 0 Å². The van der Waals surface area contributed by atoms with Gasteiger partial charge in [0.25, 0.3) is 0 Å². The van der Waals surface area contributed by atoms with E-state index in [0.717, 1.165) is 0 Å². The number of nitriles is 1. The highest BCUT2D eigenvalue weighted by molar-refractivity contribution is 6.67. The molecule has 22 heavy (non-hydrogen) atoms. The van der Waals surface area contributed by atoms with E-state index in [1.54, 1.807) is 24.3 Å². The van der Waals surface area contributed by atoms with Crippen molar-refractivity contribution in [2.24, 2.45) is 0 Å². The summed E-state index contributed by atoms with van der Waals surface area (Å²) in [5.74, 6) is -0.184. The summed E-state index contributed by atoms with van der Waals surface area (Å²) in [5, 5.41) is 9.41. The lowest BCUT2D eigenvalue weighted by Gasteiger charge is -2.18. The van der Waals surface area contributed by atoms with Crippen LogP contribution in [-0.4, -0.2) is 9.97 Å². The number of rotatable bonds is 1. The van der Waals surface area contributed by atoms with E-state index in [1.165, 1.54) is 0 Å². The maximum Gasteiger partial charge on any atom is 0.250 e. The van der Waals surface area contributed by atoms with Crippen LogP contribution in [0.25, 0.3) is 11.3 Å². The van der Waals surface area contributed by atoms with Crippen LogP contribution in [0, 0.1) is 11.3 Å². The van der Waals surface area contributed by atoms with Gasteiger partial charge in [0, 0.05) is 5.56 Å². The van der Waals surface area contributed by atoms with E-state index >= 15 is 0 Å². The van der Waals surface area contributed by atoms with Gasteiger partial charge >= 0.3 is 0 Å². The third-order valence-corrected chi connectivity index (χ3v) is 3.63. The molecule has 0 bridgehead atoms. The zero-order valence-electron chi connectivity index (χ0n) is 10.5. The third kappa shape index (κ3) is 3.89. The zero-order chi connectivity index (χ0) is 16.5. The van der Waals surface area contributed by atoms with Gasteiger partial charge in [0.05, 0.1) is 5.69 Å². The van der Waals surface area contributed by atoms with Crippen molar-refractivity contribution in [1.29, 1.82) is 5.26 Å². The molecule has 3 nitrogen and oxygen atoms in total. The van der Waals surface area contributed by atoms with Gasteiger partial charge in [-0.3, -0.25) is 0 Å². The third-order valence-electron chi connectivity index (χ3n) is 2.59. The molecule has 0 atom stereocenters. The van der Waals surface area contributed by atoms with Gasteiger partial charge in [-0.05, 0) is 0 Å². The minimum atomic E-state index is -1.97. The van der Waals surface area contributed by atoms with Gasteiger partial charge in [-0.2, -0.15) is 5.26 Å². The molecule has 1 aromatic heterocycles. The molecule has 0 saturated heterocycles. The van der Waals surface area contributed by atoms with Gasteiger partial charge in [0.2, 0.25) is 7.59 Å². The summed E-state index contributed by atoms with van der Waals surface area (Å²) in [5.41, 5.74) is 0.688. The highest BCUT2D eigenvalue weighted by Crippen LogP contribution is 2.43. The van der Waals surface area contributed by atoms with Crippen LogP contribution in [0.4, 0.5) is 0 Å². The first-order chi connectivity index (χ1) is 10.1. The first kappa shape index (κ1) is 17.9. The second kappa shape index (κ2) is 6.57. The summed E-state index contributed by atoms with van der Waals surface area (Å²) in [7, 11) is 0. The van der Waals surface area contributed by atoms with Crippen LogP contribution in [-0.2, 0) is 7.59 Å². The Hall–Kier alpha value is -0.470. The summed E-state index contributed by atoms with van der Waals surface area (Å²) < 4.78 is -3.90. The lowest BCUT2D eigenvalue weighted by Crippen LogP contribution is -2.17. The fourth-order valence-electron chi connectivity index (χ4n) is 1.70. The molecule has 0 radical (unpaired) electrons. The average molecular weight is 416 g/mol. The number of aromatic nitrogens is 2. The molecule has 0 spiro atoms. The highest BCUT2D eigenvalue weighted by Gasteiger charge is 2.36. The Morgan fingerprint density at radius 3 is 1.91 bits per heavy atom. The molecule has 2 rings (SSSR count). The predicted octanol–water partition coefficient (Wildman–Crippen LogP) is 5.67. The molecule has 0 amide bonds. The van der Waals surface area contributed by atoms with Gasteiger partial charge < -0.3 is 0 Å². The second-order valence-corrected chi connectivity index (χ2v) is 8.66. The predicted molar refractivity (Wildman–Crippen MR) is 90.7 cm³/mol. The fraction of sp³-hybridized carbons (Fsp3) is 0.154. The molecule has 0 unspecified atom stereocenters. The summed E-state index contributed by atoms with van der Waals surface area (Å²) in [4.78, 5) is 8.10. The number of alkyl halides is 6. The Morgan fingerprint density at radius 2 is 1.45 bits per heavy atom. The molecular weight excluding hydrogens is 411 g/mol. The molecule has 2 aromatic rings. The van der Waals surface area contributed by atoms with Crippen molar-refractivity contribution in [2.45, 2.75) is 7.59 Å². The lowest BCUT2D eigenvalue weighted by molar-refractivity contribution is 0.912. The Morgan fingerprint density at radius 1 is 0.864 bits per heavy atom. The molecular formula is C13H5Cl6N3. The van der Waals surface area contributed by atoms with Crippen LogP contribution in [0.3, 0.4) is 0 Å². The Kier molecular flexibility index (Phi) is 5.34. The Bertz CT molecular complexity index is 728. The van der Waals surface area contributed by atoms with Crippen molar-refractivity contribution in [3.05, 3.63) is 47.4 Å². The smallest absolute Gasteiger partial charge is 0.228 e. The van der Waals surface area contributed by atoms with E-state index < -0.39 is 7.59 Å². The zero-order valence-corrected chi connectivity index (χ0v) is 15.0. The molecule has 0 N–H and O–H groups in total. The maximum absolute atomic E-state index is 9.41. The highest BCUT2D eigenvalue weighted by atomic mass is 35.6. The molecule has 0 fully saturated rings. The Balaban J connectivity index is 2.85. The SMILES string of the molecule is N#Cc1c(-c2ccccc2)nc(C(Cl)(Cl)Cl)nc1C(Cl)(Cl)Cl. The van der Waals surface area contributed by atoms with Crippen LogP contribution in [0.15, 0.2) is 30.3 Å². The van der Waals surface area contributed by atoms with Crippen LogP contribution in [0.2, 0.25) is 0 Å². The Labute approximate surface area is 156 Å². The van der Waals surface area contributed by atoms with Crippen LogP contribution >= 0.6 is 69.6 Å². The summed E-state index contributed by atoms with van der Waals surface area (Å²) in [6.45, 7) is 0. The largest absolute Gasteiger partial charge is 0.250 e. The van der Waals surface area contributed by atoms with E-state index in [4.69, 9.17) is 69.6 Å². The minimum Gasteiger partial charge on any atom is -0.228 e. The van der Waals surface area contributed by atoms with Gasteiger partial charge in [-0.25, -0.2) is 9.97 Å². The fourth-order valence-corrected chi connectivity index (χ4v) is 2.37. The van der Waals surface area contributed by atoms with Gasteiger partial charge in [-0.15, -0.1) is 0 Å². The van der Waals surface area contributed by atoms with E-state index in [1.807, 2.05) is 12.1 Å². The van der Waals surface area contributed by atoms with Crippen molar-refractivity contribution >= 4 is 69.6 Å². The number of nitrogens with zero attached hydrogens (tertiary/aromatic N) is 3. The van der Waals surface area contributed by atoms with Crippen LogP contribution in [0.5, 0.6) is 0 Å². The summed E-state index contributed by atoms with van der Waals surface area (Å²) in [6.07, 6.45) is 0. The van der Waals surface area contributed by atoms with E-state index in [2.05, 4.69) is 9.97 Å². The number of halogens is 6. The molecule has 0 aliphatic carbocycles. The maximum atomic E-state index is 9.41. The number of hydrogen-bond donors (Lipinski definition) is 0. The normalized spacial score (nSPS) is 12.0. The van der Waals surface area contributed by atoms with E-state index in [-0.39, 0.29) is 22.8 Å². The van der Waals surface area contributed by atoms with Gasteiger partial charge in [0.1, 0.15) is 17.3 Å². The number of hydrogen-bond acceptors (Lipinski definition) is 3. The second-order valence-electron chi connectivity index (χ2n) is 4.09. The molecule has 0 saturated carbocycles. The first-order valence-corrected chi connectivity index (χ1v) is 7.93. The van der Waals surface area contributed by atoms with Crippen molar-refractivity contribution in [3.63, 3.8) is 0 Å². The van der Waals surface area contributed by atoms with Crippen molar-refractivity contribution in [3.8, 4) is 17.3 Å². The van der Waals surface area contributed by atoms with Gasteiger partial charge in [0.15, 0.2) is 5.82 Å². The topological polar surface area (TPSA) is 49.6 Å².